The van der Waals surface area contributed by atoms with Crippen molar-refractivity contribution in [1.29, 1.82) is 0 Å². The Morgan fingerprint density at radius 1 is 0.769 bits per heavy atom. The first-order chi connectivity index (χ1) is 18.9. The van der Waals surface area contributed by atoms with Crippen LogP contribution in [0.5, 0.6) is 0 Å². The molecule has 0 saturated heterocycles. The van der Waals surface area contributed by atoms with Gasteiger partial charge in [-0.15, -0.1) is 0 Å². The van der Waals surface area contributed by atoms with Crippen molar-refractivity contribution >= 4 is 29.6 Å². The molecule has 0 radical (unpaired) electrons. The van der Waals surface area contributed by atoms with Gasteiger partial charge in [0.2, 0.25) is 0 Å². The van der Waals surface area contributed by atoms with Crippen molar-refractivity contribution < 1.29 is 28.8 Å². The monoisotopic (exact) mass is 518 g/mol. The van der Waals surface area contributed by atoms with E-state index in [1.807, 2.05) is 36.4 Å². The minimum absolute atomic E-state index is 0.0473. The number of nitrogens with zero attached hydrogens (tertiary/aromatic N) is 1. The number of imide groups is 1. The number of amides is 3. The highest BCUT2D eigenvalue weighted by atomic mass is 16.7. The largest absolute Gasteiger partial charge is 0.448 e. The van der Waals surface area contributed by atoms with E-state index < -0.39 is 23.9 Å². The molecule has 4 aromatic carbocycles. The summed E-state index contributed by atoms with van der Waals surface area (Å²) in [6.07, 6.45) is -0.675. The van der Waals surface area contributed by atoms with Gasteiger partial charge in [-0.1, -0.05) is 71.8 Å². The number of aryl methyl sites for hydroxylation is 1. The van der Waals surface area contributed by atoms with Crippen molar-refractivity contribution in [1.82, 2.24) is 5.06 Å². The van der Waals surface area contributed by atoms with E-state index in [9.17, 15) is 19.2 Å². The highest BCUT2D eigenvalue weighted by Crippen LogP contribution is 2.44. The van der Waals surface area contributed by atoms with Crippen molar-refractivity contribution in [2.24, 2.45) is 0 Å². The highest BCUT2D eigenvalue weighted by molar-refractivity contribution is 6.21. The third kappa shape index (κ3) is 4.21. The second kappa shape index (κ2) is 9.57. The van der Waals surface area contributed by atoms with E-state index in [1.165, 1.54) is 24.3 Å². The molecule has 1 aliphatic carbocycles. The molecule has 6 rings (SSSR count). The lowest BCUT2D eigenvalue weighted by Crippen LogP contribution is -2.32. The summed E-state index contributed by atoms with van der Waals surface area (Å²) in [5, 5.41) is 3.14. The van der Waals surface area contributed by atoms with Crippen LogP contribution in [0.4, 0.5) is 10.5 Å². The number of hydroxylamine groups is 2. The van der Waals surface area contributed by atoms with E-state index in [0.29, 0.717) is 16.3 Å². The molecule has 0 aromatic heterocycles. The van der Waals surface area contributed by atoms with Crippen LogP contribution in [0, 0.1) is 6.92 Å². The van der Waals surface area contributed by atoms with Gasteiger partial charge >= 0.3 is 12.1 Å². The van der Waals surface area contributed by atoms with Gasteiger partial charge in [0.25, 0.3) is 11.8 Å². The summed E-state index contributed by atoms with van der Waals surface area (Å²) < 4.78 is 5.61. The average molecular weight is 519 g/mol. The van der Waals surface area contributed by atoms with Crippen LogP contribution in [-0.2, 0) is 9.57 Å². The molecule has 1 aliphatic heterocycles. The zero-order valence-electron chi connectivity index (χ0n) is 20.8. The van der Waals surface area contributed by atoms with Gasteiger partial charge in [-0.05, 0) is 59.0 Å². The maximum atomic E-state index is 12.8. The number of carbonyl (C=O) groups excluding carboxylic acids is 4. The van der Waals surface area contributed by atoms with Crippen LogP contribution in [0.3, 0.4) is 0 Å². The molecule has 8 heteroatoms. The van der Waals surface area contributed by atoms with Crippen molar-refractivity contribution in [3.05, 3.63) is 124 Å². The fourth-order valence-electron chi connectivity index (χ4n) is 5.01. The minimum atomic E-state index is -0.917. The number of anilines is 1. The Hall–Kier alpha value is -5.24. The quantitative estimate of drug-likeness (QED) is 0.339. The van der Waals surface area contributed by atoms with Crippen LogP contribution in [-0.4, -0.2) is 35.5 Å². The Bertz CT molecular complexity index is 1600. The van der Waals surface area contributed by atoms with E-state index in [0.717, 1.165) is 22.3 Å². The van der Waals surface area contributed by atoms with Crippen LogP contribution in [0.1, 0.15) is 53.7 Å². The van der Waals surface area contributed by atoms with E-state index in [2.05, 4.69) is 17.4 Å². The average Bonchev–Trinajstić information content (AvgIpc) is 3.40. The molecule has 0 unspecified atom stereocenters. The van der Waals surface area contributed by atoms with Gasteiger partial charge in [-0.3, -0.25) is 14.9 Å². The Kier molecular flexibility index (Phi) is 5.92. The Morgan fingerprint density at radius 3 is 1.90 bits per heavy atom. The Labute approximate surface area is 223 Å². The van der Waals surface area contributed by atoms with Crippen molar-refractivity contribution in [3.63, 3.8) is 0 Å². The number of carbonyl (C=O) groups is 4. The Balaban J connectivity index is 1.14. The summed E-state index contributed by atoms with van der Waals surface area (Å²) >= 11 is 0. The maximum absolute atomic E-state index is 12.8. The number of hydrogen-bond acceptors (Lipinski definition) is 6. The lowest BCUT2D eigenvalue weighted by Gasteiger charge is -2.16. The summed E-state index contributed by atoms with van der Waals surface area (Å²) in [5.74, 6) is -2.44. The van der Waals surface area contributed by atoms with Gasteiger partial charge in [0.1, 0.15) is 6.61 Å². The molecule has 0 fully saturated rings. The second-order valence-corrected chi connectivity index (χ2v) is 9.31. The number of nitrogens with one attached hydrogen (secondary N) is 1. The number of fused-ring (bicyclic) bond motifs is 4. The van der Waals surface area contributed by atoms with Gasteiger partial charge in [0.05, 0.1) is 16.7 Å². The van der Waals surface area contributed by atoms with Gasteiger partial charge in [0.15, 0.2) is 0 Å². The maximum Gasteiger partial charge on any atom is 0.411 e. The van der Waals surface area contributed by atoms with Gasteiger partial charge < -0.3 is 9.57 Å². The lowest BCUT2D eigenvalue weighted by molar-refractivity contribution is -0.0584. The van der Waals surface area contributed by atoms with Gasteiger partial charge in [0, 0.05) is 11.6 Å². The summed E-state index contributed by atoms with van der Waals surface area (Å²) in [4.78, 5) is 55.8. The summed E-state index contributed by atoms with van der Waals surface area (Å²) in [7, 11) is 0. The predicted molar refractivity (Wildman–Crippen MR) is 142 cm³/mol. The molecule has 2 aliphatic rings. The van der Waals surface area contributed by atoms with Crippen molar-refractivity contribution in [2.75, 3.05) is 11.9 Å². The predicted octanol–water partition coefficient (Wildman–Crippen LogP) is 5.72. The molecule has 0 spiro atoms. The lowest BCUT2D eigenvalue weighted by atomic mass is 9.98. The van der Waals surface area contributed by atoms with E-state index in [4.69, 9.17) is 9.57 Å². The second-order valence-electron chi connectivity index (χ2n) is 9.31. The van der Waals surface area contributed by atoms with Crippen LogP contribution in [0.2, 0.25) is 0 Å². The van der Waals surface area contributed by atoms with Gasteiger partial charge in [-0.2, -0.15) is 0 Å². The molecule has 0 saturated carbocycles. The summed E-state index contributed by atoms with van der Waals surface area (Å²) in [6, 6.07) is 26.8. The minimum Gasteiger partial charge on any atom is -0.448 e. The number of rotatable bonds is 5. The molecule has 192 valence electrons. The molecule has 4 aromatic rings. The van der Waals surface area contributed by atoms with Gasteiger partial charge in [-0.25, -0.2) is 9.59 Å². The van der Waals surface area contributed by atoms with Crippen molar-refractivity contribution in [3.8, 4) is 11.1 Å². The standard InChI is InChI=1S/C31H22N2O6/c1-18-14-15-19(30(36)39-33-28(34)24-12-6-7-13-25(24)29(33)35)16-27(18)32-31(37)38-17-26-22-10-4-2-8-20(22)21-9-3-5-11-23(21)26/h2-16,26H,17H2,1H3,(H,32,37). The third-order valence-electron chi connectivity index (χ3n) is 6.98. The van der Waals surface area contributed by atoms with Crippen LogP contribution in [0.15, 0.2) is 91.0 Å². The van der Waals surface area contributed by atoms with E-state index in [-0.39, 0.29) is 29.2 Å². The molecule has 8 nitrogen and oxygen atoms in total. The smallest absolute Gasteiger partial charge is 0.411 e. The first-order valence-electron chi connectivity index (χ1n) is 12.3. The molecule has 3 amide bonds. The molecular weight excluding hydrogens is 496 g/mol. The Morgan fingerprint density at radius 2 is 1.31 bits per heavy atom. The highest BCUT2D eigenvalue weighted by Gasteiger charge is 2.39. The molecule has 1 N–H and O–H groups in total. The number of ether oxygens (including phenoxy) is 1. The normalized spacial score (nSPS) is 13.5. The first-order valence-corrected chi connectivity index (χ1v) is 12.3. The molecular formula is C31H22N2O6. The zero-order chi connectivity index (χ0) is 27.1. The third-order valence-corrected chi connectivity index (χ3v) is 6.98. The van der Waals surface area contributed by atoms with Crippen molar-refractivity contribution in [2.45, 2.75) is 12.8 Å². The SMILES string of the molecule is Cc1ccc(C(=O)ON2C(=O)c3ccccc3C2=O)cc1NC(=O)OCC1c2ccccc2-c2ccccc21. The van der Waals surface area contributed by atoms with Crippen LogP contribution < -0.4 is 5.32 Å². The van der Waals surface area contributed by atoms with E-state index in [1.54, 1.807) is 25.1 Å². The fraction of sp³-hybridized carbons (Fsp3) is 0.0968. The number of hydrogen-bond donors (Lipinski definition) is 1. The summed E-state index contributed by atoms with van der Waals surface area (Å²) in [5.41, 5.74) is 5.84. The van der Waals surface area contributed by atoms with Crippen LogP contribution in [0.25, 0.3) is 11.1 Å². The molecule has 1 heterocycles. The number of benzene rings is 4. The fourth-order valence-corrected chi connectivity index (χ4v) is 5.01. The summed E-state index contributed by atoms with van der Waals surface area (Å²) in [6.45, 7) is 1.90. The van der Waals surface area contributed by atoms with Crippen LogP contribution >= 0.6 is 0 Å². The topological polar surface area (TPSA) is 102 Å². The first kappa shape index (κ1) is 24.1. The molecule has 0 atom stereocenters. The molecule has 0 bridgehead atoms. The zero-order valence-corrected chi connectivity index (χ0v) is 20.8. The molecule has 39 heavy (non-hydrogen) atoms. The van der Waals surface area contributed by atoms with E-state index >= 15 is 0 Å².